The fourth-order valence-corrected chi connectivity index (χ4v) is 7.37. The number of carboxylic acids is 1. The number of nitrogens with one attached hydrogen (secondary N) is 3. The maximum Gasteiger partial charge on any atom is 0.330 e. The molecule has 4 amide bonds. The topological polar surface area (TPSA) is 189 Å². The molecule has 5 atom stereocenters. The zero-order valence-corrected chi connectivity index (χ0v) is 32.2. The minimum Gasteiger partial charge on any atom is -0.497 e. The van der Waals surface area contributed by atoms with Gasteiger partial charge < -0.3 is 35.4 Å². The van der Waals surface area contributed by atoms with Crippen molar-refractivity contribution >= 4 is 57.0 Å². The summed E-state index contributed by atoms with van der Waals surface area (Å²) in [4.78, 5) is 76.5. The van der Waals surface area contributed by atoms with E-state index in [-0.39, 0.29) is 37.6 Å². The molecule has 14 nitrogen and oxygen atoms in total. The standard InChI is InChI=1S/C38H48N6O8S/c1-10-21-17-38(21,34(49)50)43-32(47)29-14-23(18-44(29)33(48)25(36(3,4)5)15-31(46)42-37(6,7)8)52-30-16-27(28-19-53-35(41-28)39-20(2)45)40-26-13-22(51-9)11-12-24(26)30/h10-13,16,19,21,23,25,29H,1,14-15,17-18H2,2-9H3,(H,42,46)(H,43,47)(H,49,50)(H,39,41,45)/t21-,23-,25-,29+,38-/m1/s1. The van der Waals surface area contributed by atoms with E-state index in [1.54, 1.807) is 36.8 Å². The predicted molar refractivity (Wildman–Crippen MR) is 201 cm³/mol. The van der Waals surface area contributed by atoms with Crippen molar-refractivity contribution in [2.24, 2.45) is 17.3 Å². The van der Waals surface area contributed by atoms with Crippen molar-refractivity contribution < 1.29 is 38.6 Å². The largest absolute Gasteiger partial charge is 0.497 e. The second-order valence-electron chi connectivity index (χ2n) is 15.8. The SMILES string of the molecule is C=C[C@@H]1C[C@]1(NC(=O)[C@@H]1C[C@@H](Oc2cc(-c3csc(NC(C)=O)n3)nc3cc(OC)ccc23)CN1C(=O)[C@@H](CC(=O)NC(C)(C)C)C(C)(C)C)C(=O)O. The van der Waals surface area contributed by atoms with Crippen LogP contribution in [-0.2, 0) is 24.0 Å². The summed E-state index contributed by atoms with van der Waals surface area (Å²) in [5, 5.41) is 21.2. The number of nitrogens with zero attached hydrogens (tertiary/aromatic N) is 3. The zero-order chi connectivity index (χ0) is 39.0. The van der Waals surface area contributed by atoms with Gasteiger partial charge in [-0.3, -0.25) is 19.2 Å². The van der Waals surface area contributed by atoms with Crippen LogP contribution in [0.4, 0.5) is 5.13 Å². The Morgan fingerprint density at radius 1 is 1.11 bits per heavy atom. The third kappa shape index (κ3) is 8.78. The lowest BCUT2D eigenvalue weighted by molar-refractivity contribution is -0.148. The highest BCUT2D eigenvalue weighted by Crippen LogP contribution is 2.45. The average molecular weight is 749 g/mol. The summed E-state index contributed by atoms with van der Waals surface area (Å²) in [5.74, 6) is -3.07. The molecular weight excluding hydrogens is 701 g/mol. The van der Waals surface area contributed by atoms with Crippen LogP contribution in [0.15, 0.2) is 42.3 Å². The van der Waals surface area contributed by atoms with E-state index in [1.165, 1.54) is 29.2 Å². The number of ether oxygens (including phenoxy) is 2. The summed E-state index contributed by atoms with van der Waals surface area (Å²) in [6.07, 6.45) is 0.923. The Hall–Kier alpha value is -5.05. The number of carbonyl (C=O) groups is 5. The molecule has 2 aliphatic rings. The van der Waals surface area contributed by atoms with Crippen molar-refractivity contribution in [3.8, 4) is 22.9 Å². The molecule has 1 aliphatic heterocycles. The number of thiazole rings is 1. The Labute approximate surface area is 312 Å². The summed E-state index contributed by atoms with van der Waals surface area (Å²) in [5.41, 5.74) is -1.21. The van der Waals surface area contributed by atoms with Crippen molar-refractivity contribution in [1.82, 2.24) is 25.5 Å². The summed E-state index contributed by atoms with van der Waals surface area (Å²) >= 11 is 1.24. The number of aliphatic carboxylic acids is 1. The van der Waals surface area contributed by atoms with Gasteiger partial charge >= 0.3 is 5.97 Å². The number of likely N-dealkylation sites (tertiary alicyclic amines) is 1. The van der Waals surface area contributed by atoms with Gasteiger partial charge in [0.25, 0.3) is 0 Å². The monoisotopic (exact) mass is 748 g/mol. The summed E-state index contributed by atoms with van der Waals surface area (Å²) in [6, 6.07) is 5.95. The number of carboxylic acid groups (broad SMARTS) is 1. The van der Waals surface area contributed by atoms with Crippen LogP contribution < -0.4 is 25.4 Å². The van der Waals surface area contributed by atoms with Crippen LogP contribution in [0.2, 0.25) is 0 Å². The maximum absolute atomic E-state index is 14.6. The summed E-state index contributed by atoms with van der Waals surface area (Å²) in [6.45, 7) is 16.3. The molecule has 2 fully saturated rings. The smallest absolute Gasteiger partial charge is 0.330 e. The van der Waals surface area contributed by atoms with E-state index in [4.69, 9.17) is 14.5 Å². The highest BCUT2D eigenvalue weighted by molar-refractivity contribution is 7.14. The number of amides is 4. The number of aromatic nitrogens is 2. The lowest BCUT2D eigenvalue weighted by Crippen LogP contribution is -2.55. The number of pyridine rings is 1. The van der Waals surface area contributed by atoms with Gasteiger partial charge in [-0.05, 0) is 44.7 Å². The molecule has 53 heavy (non-hydrogen) atoms. The molecule has 3 aromatic rings. The van der Waals surface area contributed by atoms with E-state index in [1.807, 2.05) is 41.5 Å². The third-order valence-corrected chi connectivity index (χ3v) is 10.2. The van der Waals surface area contributed by atoms with Gasteiger partial charge in [-0.25, -0.2) is 14.8 Å². The number of rotatable bonds is 12. The van der Waals surface area contributed by atoms with Crippen LogP contribution in [0.3, 0.4) is 0 Å². The lowest BCUT2D eigenvalue weighted by atomic mass is 9.77. The van der Waals surface area contributed by atoms with Gasteiger partial charge in [-0.15, -0.1) is 17.9 Å². The van der Waals surface area contributed by atoms with Crippen LogP contribution in [0.5, 0.6) is 11.5 Å². The molecule has 3 heterocycles. The fourth-order valence-electron chi connectivity index (χ4n) is 6.62. The minimum atomic E-state index is -1.51. The van der Waals surface area contributed by atoms with Gasteiger partial charge in [0, 0.05) is 54.1 Å². The van der Waals surface area contributed by atoms with E-state index in [2.05, 4.69) is 27.5 Å². The Morgan fingerprint density at radius 3 is 2.42 bits per heavy atom. The van der Waals surface area contributed by atoms with Crippen LogP contribution in [0.25, 0.3) is 22.3 Å². The van der Waals surface area contributed by atoms with Gasteiger partial charge in [-0.1, -0.05) is 26.8 Å². The Bertz CT molecular complexity index is 1950. The maximum atomic E-state index is 14.6. The van der Waals surface area contributed by atoms with Crippen LogP contribution in [0.1, 0.15) is 67.7 Å². The van der Waals surface area contributed by atoms with Crippen molar-refractivity contribution in [2.45, 2.75) is 91.0 Å². The molecule has 0 radical (unpaired) electrons. The van der Waals surface area contributed by atoms with E-state index in [9.17, 15) is 29.1 Å². The van der Waals surface area contributed by atoms with Gasteiger partial charge in [0.1, 0.15) is 34.9 Å². The van der Waals surface area contributed by atoms with E-state index in [0.29, 0.717) is 38.9 Å². The first-order chi connectivity index (χ1) is 24.7. The van der Waals surface area contributed by atoms with Crippen LogP contribution in [-0.4, -0.2) is 86.5 Å². The molecule has 0 bridgehead atoms. The number of anilines is 1. The zero-order valence-electron chi connectivity index (χ0n) is 31.4. The second-order valence-corrected chi connectivity index (χ2v) is 16.7. The van der Waals surface area contributed by atoms with Gasteiger partial charge in [0.05, 0.1) is 30.8 Å². The minimum absolute atomic E-state index is 0.00592. The van der Waals surface area contributed by atoms with Gasteiger partial charge in [0.2, 0.25) is 23.6 Å². The first kappa shape index (κ1) is 39.2. The molecule has 1 aromatic carbocycles. The molecule has 1 saturated carbocycles. The van der Waals surface area contributed by atoms with Crippen LogP contribution in [0, 0.1) is 17.3 Å². The molecular formula is C38H48N6O8S. The normalized spacial score (nSPS) is 21.7. The number of benzene rings is 1. The molecule has 15 heteroatoms. The van der Waals surface area contributed by atoms with E-state index >= 15 is 0 Å². The number of hydrogen-bond acceptors (Lipinski definition) is 10. The molecule has 284 valence electrons. The van der Waals surface area contributed by atoms with Gasteiger partial charge in [-0.2, -0.15) is 0 Å². The fraction of sp³-hybridized carbons (Fsp3) is 0.500. The Balaban J connectivity index is 1.51. The summed E-state index contributed by atoms with van der Waals surface area (Å²) in [7, 11) is 1.54. The quantitative estimate of drug-likeness (QED) is 0.188. The molecule has 1 saturated heterocycles. The molecule has 4 N–H and O–H groups in total. The van der Waals surface area contributed by atoms with Crippen molar-refractivity contribution in [1.29, 1.82) is 0 Å². The molecule has 0 spiro atoms. The lowest BCUT2D eigenvalue weighted by Gasteiger charge is -2.35. The second kappa shape index (κ2) is 14.8. The number of hydrogen-bond donors (Lipinski definition) is 4. The predicted octanol–water partition coefficient (Wildman–Crippen LogP) is 4.79. The van der Waals surface area contributed by atoms with Crippen molar-refractivity contribution in [2.75, 3.05) is 19.0 Å². The third-order valence-electron chi connectivity index (χ3n) is 9.45. The van der Waals surface area contributed by atoms with Crippen molar-refractivity contribution in [3.63, 3.8) is 0 Å². The van der Waals surface area contributed by atoms with Crippen molar-refractivity contribution in [3.05, 3.63) is 42.3 Å². The van der Waals surface area contributed by atoms with E-state index < -0.39 is 58.3 Å². The number of methoxy groups -OCH3 is 1. The average Bonchev–Trinajstić information content (AvgIpc) is 3.34. The first-order valence-electron chi connectivity index (χ1n) is 17.4. The van der Waals surface area contributed by atoms with Gasteiger partial charge in [0.15, 0.2) is 5.13 Å². The highest BCUT2D eigenvalue weighted by atomic mass is 32.1. The molecule has 1 aliphatic carbocycles. The van der Waals surface area contributed by atoms with Crippen LogP contribution >= 0.6 is 11.3 Å². The van der Waals surface area contributed by atoms with E-state index in [0.717, 1.165) is 0 Å². The number of fused-ring (bicyclic) bond motifs is 1. The number of carbonyl (C=O) groups excluding carboxylic acids is 4. The Morgan fingerprint density at radius 2 is 1.83 bits per heavy atom. The molecule has 5 rings (SSSR count). The molecule has 2 aromatic heterocycles. The molecule has 0 unspecified atom stereocenters. The highest BCUT2D eigenvalue weighted by Gasteiger charge is 2.61. The Kier molecular flexibility index (Phi) is 10.9. The summed E-state index contributed by atoms with van der Waals surface area (Å²) < 4.78 is 12.1. The first-order valence-corrected chi connectivity index (χ1v) is 18.3.